The number of benzene rings is 2. The Morgan fingerprint density at radius 3 is 2.67 bits per heavy atom. The molecule has 1 saturated heterocycles. The summed E-state index contributed by atoms with van der Waals surface area (Å²) in [5, 5.41) is 0.575. The molecular formula is C21H22N2O5S2. The summed E-state index contributed by atoms with van der Waals surface area (Å²) < 4.78 is 35.4. The largest absolute Gasteiger partial charge is 0.497 e. The lowest BCUT2D eigenvalue weighted by Gasteiger charge is -2.23. The van der Waals surface area contributed by atoms with Crippen LogP contribution in [-0.2, 0) is 14.6 Å². The first kappa shape index (κ1) is 20.8. The maximum absolute atomic E-state index is 13.4. The van der Waals surface area contributed by atoms with Crippen LogP contribution in [0.4, 0.5) is 5.13 Å². The molecule has 1 aliphatic rings. The Balaban J connectivity index is 1.69. The van der Waals surface area contributed by atoms with Crippen LogP contribution in [0.15, 0.2) is 47.4 Å². The van der Waals surface area contributed by atoms with Gasteiger partial charge < -0.3 is 9.47 Å². The first-order valence-corrected chi connectivity index (χ1v) is 12.2. The Bertz CT molecular complexity index is 1170. The predicted octanol–water partition coefficient (Wildman–Crippen LogP) is 3.53. The van der Waals surface area contributed by atoms with Crippen LogP contribution in [0.1, 0.15) is 23.2 Å². The van der Waals surface area contributed by atoms with Crippen LogP contribution < -0.4 is 9.64 Å². The first-order chi connectivity index (χ1) is 14.3. The molecule has 1 fully saturated rings. The van der Waals surface area contributed by atoms with Crippen molar-refractivity contribution in [1.82, 2.24) is 4.98 Å². The molecule has 2 heterocycles. The normalized spacial score (nSPS) is 16.7. The molecule has 9 heteroatoms. The third-order valence-corrected chi connectivity index (χ3v) is 7.17. The second-order valence-electron chi connectivity index (χ2n) is 7.18. The van der Waals surface area contributed by atoms with E-state index in [1.165, 1.54) is 35.6 Å². The Hall–Kier alpha value is -2.49. The average molecular weight is 447 g/mol. The lowest BCUT2D eigenvalue weighted by Crippen LogP contribution is -2.37. The van der Waals surface area contributed by atoms with E-state index in [9.17, 15) is 13.2 Å². The summed E-state index contributed by atoms with van der Waals surface area (Å²) in [6.07, 6.45) is 2.94. The van der Waals surface area contributed by atoms with Crippen molar-refractivity contribution >= 4 is 42.4 Å². The van der Waals surface area contributed by atoms with Crippen molar-refractivity contribution in [3.8, 4) is 5.75 Å². The number of rotatable bonds is 6. The molecule has 4 rings (SSSR count). The number of carbonyl (C=O) groups is 1. The summed E-state index contributed by atoms with van der Waals surface area (Å²) in [5.74, 6) is 0.489. The third kappa shape index (κ3) is 4.33. The highest BCUT2D eigenvalue weighted by Crippen LogP contribution is 2.33. The van der Waals surface area contributed by atoms with Gasteiger partial charge in [0, 0.05) is 18.4 Å². The number of amides is 1. The Labute approximate surface area is 179 Å². The molecule has 0 saturated carbocycles. The van der Waals surface area contributed by atoms with Gasteiger partial charge in [0.15, 0.2) is 15.0 Å². The molecule has 0 N–H and O–H groups in total. The highest BCUT2D eigenvalue weighted by molar-refractivity contribution is 7.90. The standard InChI is InChI=1S/C21H22N2O5S2/c1-27-15-7-10-18-19(12-15)29-21(22-18)23(13-16-4-3-11-28-16)20(24)14-5-8-17(9-6-14)30(2,25)26/h5-10,12,16H,3-4,11,13H2,1-2H3. The second kappa shape index (κ2) is 8.33. The predicted molar refractivity (Wildman–Crippen MR) is 116 cm³/mol. The first-order valence-electron chi connectivity index (χ1n) is 9.53. The minimum absolute atomic E-state index is 0.0502. The zero-order valence-corrected chi connectivity index (χ0v) is 18.3. The molecule has 2 aromatic carbocycles. The topological polar surface area (TPSA) is 85.8 Å². The van der Waals surface area contributed by atoms with Crippen molar-refractivity contribution < 1.29 is 22.7 Å². The van der Waals surface area contributed by atoms with Crippen LogP contribution in [0.25, 0.3) is 10.2 Å². The van der Waals surface area contributed by atoms with Crippen molar-refractivity contribution in [1.29, 1.82) is 0 Å². The summed E-state index contributed by atoms with van der Waals surface area (Å²) >= 11 is 1.41. The van der Waals surface area contributed by atoms with Gasteiger partial charge in [0.05, 0.1) is 34.9 Å². The fraction of sp³-hybridized carbons (Fsp3) is 0.333. The molecule has 1 aliphatic heterocycles. The second-order valence-corrected chi connectivity index (χ2v) is 10.2. The Morgan fingerprint density at radius 2 is 2.03 bits per heavy atom. The lowest BCUT2D eigenvalue weighted by molar-refractivity contribution is 0.0917. The quantitative estimate of drug-likeness (QED) is 0.576. The highest BCUT2D eigenvalue weighted by Gasteiger charge is 2.27. The van der Waals surface area contributed by atoms with Gasteiger partial charge in [0.25, 0.3) is 5.91 Å². The average Bonchev–Trinajstić information content (AvgIpc) is 3.39. The maximum atomic E-state index is 13.4. The zero-order chi connectivity index (χ0) is 21.3. The summed E-state index contributed by atoms with van der Waals surface area (Å²) in [5.41, 5.74) is 1.19. The van der Waals surface area contributed by atoms with Crippen LogP contribution >= 0.6 is 11.3 Å². The molecular weight excluding hydrogens is 424 g/mol. The van der Waals surface area contributed by atoms with E-state index in [0.717, 1.165) is 35.1 Å². The minimum Gasteiger partial charge on any atom is -0.497 e. The maximum Gasteiger partial charge on any atom is 0.260 e. The van der Waals surface area contributed by atoms with Gasteiger partial charge in [-0.3, -0.25) is 9.69 Å². The monoisotopic (exact) mass is 446 g/mol. The number of fused-ring (bicyclic) bond motifs is 1. The molecule has 158 valence electrons. The molecule has 1 aromatic heterocycles. The molecule has 7 nitrogen and oxygen atoms in total. The van der Waals surface area contributed by atoms with Crippen LogP contribution in [0.2, 0.25) is 0 Å². The number of carbonyl (C=O) groups excluding carboxylic acids is 1. The zero-order valence-electron chi connectivity index (χ0n) is 16.7. The van der Waals surface area contributed by atoms with E-state index in [-0.39, 0.29) is 16.9 Å². The number of thiazole rings is 1. The van der Waals surface area contributed by atoms with E-state index < -0.39 is 9.84 Å². The number of hydrogen-bond donors (Lipinski definition) is 0. The van der Waals surface area contributed by atoms with Gasteiger partial charge in [-0.15, -0.1) is 0 Å². The van der Waals surface area contributed by atoms with E-state index >= 15 is 0 Å². The smallest absolute Gasteiger partial charge is 0.260 e. The van der Waals surface area contributed by atoms with E-state index in [4.69, 9.17) is 9.47 Å². The van der Waals surface area contributed by atoms with Crippen molar-refractivity contribution in [3.63, 3.8) is 0 Å². The van der Waals surface area contributed by atoms with Crippen molar-refractivity contribution in [2.45, 2.75) is 23.8 Å². The number of sulfone groups is 1. The van der Waals surface area contributed by atoms with Crippen LogP contribution in [0.3, 0.4) is 0 Å². The molecule has 0 spiro atoms. The molecule has 1 atom stereocenters. The summed E-state index contributed by atoms with van der Waals surface area (Å²) in [4.78, 5) is 19.8. The molecule has 3 aromatic rings. The highest BCUT2D eigenvalue weighted by atomic mass is 32.2. The third-order valence-electron chi connectivity index (χ3n) is 5.00. The molecule has 0 radical (unpaired) electrons. The number of anilines is 1. The number of hydrogen-bond acceptors (Lipinski definition) is 7. The molecule has 0 aliphatic carbocycles. The number of aromatic nitrogens is 1. The van der Waals surface area contributed by atoms with E-state index in [1.807, 2.05) is 18.2 Å². The van der Waals surface area contributed by atoms with Gasteiger partial charge in [0.1, 0.15) is 5.75 Å². The van der Waals surface area contributed by atoms with Crippen molar-refractivity contribution in [2.24, 2.45) is 0 Å². The molecule has 0 bridgehead atoms. The van der Waals surface area contributed by atoms with E-state index in [2.05, 4.69) is 4.98 Å². The number of methoxy groups -OCH3 is 1. The van der Waals surface area contributed by atoms with E-state index in [0.29, 0.717) is 23.8 Å². The van der Waals surface area contributed by atoms with Crippen LogP contribution in [-0.4, -0.2) is 51.9 Å². The van der Waals surface area contributed by atoms with Crippen molar-refractivity contribution in [2.75, 3.05) is 31.4 Å². The van der Waals surface area contributed by atoms with Gasteiger partial charge in [-0.2, -0.15) is 0 Å². The van der Waals surface area contributed by atoms with Crippen LogP contribution in [0.5, 0.6) is 5.75 Å². The minimum atomic E-state index is -3.33. The SMILES string of the molecule is COc1ccc2nc(N(CC3CCCO3)C(=O)c3ccc(S(C)(=O)=O)cc3)sc2c1. The fourth-order valence-corrected chi connectivity index (χ4v) is 5.01. The van der Waals surface area contributed by atoms with Crippen molar-refractivity contribution in [3.05, 3.63) is 48.0 Å². The van der Waals surface area contributed by atoms with Gasteiger partial charge >= 0.3 is 0 Å². The number of ether oxygens (including phenoxy) is 2. The molecule has 1 amide bonds. The fourth-order valence-electron chi connectivity index (χ4n) is 3.38. The number of nitrogens with zero attached hydrogens (tertiary/aromatic N) is 2. The Kier molecular flexibility index (Phi) is 5.77. The molecule has 30 heavy (non-hydrogen) atoms. The van der Waals surface area contributed by atoms with Gasteiger partial charge in [0.2, 0.25) is 0 Å². The Morgan fingerprint density at radius 1 is 1.27 bits per heavy atom. The van der Waals surface area contributed by atoms with Gasteiger partial charge in [-0.05, 0) is 55.3 Å². The summed E-state index contributed by atoms with van der Waals surface area (Å²) in [6.45, 7) is 1.08. The van der Waals surface area contributed by atoms with Gasteiger partial charge in [-0.25, -0.2) is 13.4 Å². The van der Waals surface area contributed by atoms with Gasteiger partial charge in [-0.1, -0.05) is 11.3 Å². The summed E-state index contributed by atoms with van der Waals surface area (Å²) in [7, 11) is -1.72. The van der Waals surface area contributed by atoms with E-state index in [1.54, 1.807) is 12.0 Å². The molecule has 1 unspecified atom stereocenters. The summed E-state index contributed by atoms with van der Waals surface area (Å²) in [6, 6.07) is 11.6. The van der Waals surface area contributed by atoms with Crippen LogP contribution in [0, 0.1) is 0 Å². The lowest BCUT2D eigenvalue weighted by atomic mass is 10.2.